The van der Waals surface area contributed by atoms with E-state index in [0.717, 1.165) is 0 Å². The normalized spacial score (nSPS) is 13.8. The van der Waals surface area contributed by atoms with E-state index in [0.29, 0.717) is 6.42 Å². The van der Waals surface area contributed by atoms with Gasteiger partial charge in [0.2, 0.25) is 0 Å². The zero-order chi connectivity index (χ0) is 13.4. The predicted molar refractivity (Wildman–Crippen MR) is 56.7 cm³/mol. The molecule has 0 aliphatic rings. The molecule has 106 valence electrons. The van der Waals surface area contributed by atoms with E-state index >= 15 is 0 Å². The van der Waals surface area contributed by atoms with Gasteiger partial charge >= 0.3 is 13.8 Å². The number of nitrogens with two attached hydrogens (primary N) is 2. The van der Waals surface area contributed by atoms with E-state index in [2.05, 4.69) is 0 Å². The topological polar surface area (TPSA) is 187 Å². The van der Waals surface area contributed by atoms with Crippen LogP contribution in [0, 0.1) is 0 Å². The Kier molecular flexibility index (Phi) is 13.4. The Labute approximate surface area is 96.7 Å². The average Bonchev–Trinajstić information content (AvgIpc) is 2.10. The smallest absolute Gasteiger partial charge is 0.466 e. The molecular weight excluding hydrogens is 262 g/mol. The first-order valence-corrected chi connectivity index (χ1v) is 5.79. The molecule has 0 aliphatic heterocycles. The Morgan fingerprint density at radius 1 is 1.24 bits per heavy atom. The van der Waals surface area contributed by atoms with Crippen molar-refractivity contribution >= 4 is 13.8 Å². The maximum Gasteiger partial charge on any atom is 0.466 e. The van der Waals surface area contributed by atoms with Crippen molar-refractivity contribution in [3.63, 3.8) is 0 Å². The molecule has 0 aromatic heterocycles. The molecule has 0 aromatic rings. The van der Waals surface area contributed by atoms with Crippen molar-refractivity contribution in [2.45, 2.75) is 25.0 Å². The lowest BCUT2D eigenvalue weighted by atomic mass is 10.1. The maximum atomic E-state index is 10.2. The van der Waals surface area contributed by atoms with Crippen LogP contribution in [0.5, 0.6) is 0 Å². The number of aliphatic hydroxyl groups is 1. The van der Waals surface area contributed by atoms with E-state index in [-0.39, 0.29) is 17.7 Å². The van der Waals surface area contributed by atoms with Gasteiger partial charge in [-0.2, -0.15) is 0 Å². The molecule has 9 N–H and O–H groups in total. The summed E-state index contributed by atoms with van der Waals surface area (Å²) in [4.78, 5) is 31.7. The predicted octanol–water partition coefficient (Wildman–Crippen LogP) is -2.28. The average molecular weight is 280 g/mol. The minimum Gasteiger partial charge on any atom is -0.480 e. The highest BCUT2D eigenvalue weighted by molar-refractivity contribution is 7.45. The van der Waals surface area contributed by atoms with Crippen LogP contribution in [0.25, 0.3) is 0 Å². The molecule has 17 heavy (non-hydrogen) atoms. The molecule has 2 atom stereocenters. The van der Waals surface area contributed by atoms with Gasteiger partial charge in [-0.3, -0.25) is 9.50 Å². The molecule has 0 spiro atoms. The van der Waals surface area contributed by atoms with Crippen molar-refractivity contribution in [3.05, 3.63) is 0 Å². The van der Waals surface area contributed by atoms with Gasteiger partial charge in [-0.15, -0.1) is 0 Å². The molecule has 0 unspecified atom stereocenters. The number of halogens is 1. The summed E-state index contributed by atoms with van der Waals surface area (Å²) in [6, 6.07) is -0.892. The third kappa shape index (κ3) is 25.6. The largest absolute Gasteiger partial charge is 0.480 e. The fourth-order valence-electron chi connectivity index (χ4n) is 0.613. The van der Waals surface area contributed by atoms with Crippen molar-refractivity contribution in [2.24, 2.45) is 11.5 Å². The Morgan fingerprint density at radius 3 is 1.82 bits per heavy atom. The van der Waals surface area contributed by atoms with Gasteiger partial charge in [0.15, 0.2) is 0 Å². The maximum absolute atomic E-state index is 10.2. The Hall–Kier alpha value is -0.610. The first-order valence-electron chi connectivity index (χ1n) is 4.22. The van der Waals surface area contributed by atoms with Gasteiger partial charge < -0.3 is 36.4 Å². The molecule has 0 saturated heterocycles. The number of aliphatic carboxylic acids is 1. The van der Waals surface area contributed by atoms with E-state index in [1.54, 1.807) is 0 Å². The van der Waals surface area contributed by atoms with Crippen molar-refractivity contribution in [1.82, 2.24) is 0 Å². The van der Waals surface area contributed by atoms with Gasteiger partial charge in [-0.25, -0.2) is 4.57 Å². The summed E-state index contributed by atoms with van der Waals surface area (Å²) < 4.78 is 8.88. The number of carbonyl (C=O) groups is 1. The SMILES string of the molecule is F.NC[C@H](O)CC[C@H](N)C(=O)O.O=P(O)(O)O. The molecule has 0 amide bonds. The van der Waals surface area contributed by atoms with Gasteiger partial charge in [-0.05, 0) is 12.8 Å². The van der Waals surface area contributed by atoms with Crippen molar-refractivity contribution in [1.29, 1.82) is 0 Å². The van der Waals surface area contributed by atoms with Gasteiger partial charge in [0, 0.05) is 6.54 Å². The summed E-state index contributed by atoms with van der Waals surface area (Å²) in [5.74, 6) is -1.05. The minimum absolute atomic E-state index is 0. The highest BCUT2D eigenvalue weighted by Gasteiger charge is 2.12. The van der Waals surface area contributed by atoms with Gasteiger partial charge in [-0.1, -0.05) is 0 Å². The number of aliphatic hydroxyl groups excluding tert-OH is 1. The first-order chi connectivity index (χ1) is 7.07. The van der Waals surface area contributed by atoms with Gasteiger partial charge in [0.25, 0.3) is 0 Å². The van der Waals surface area contributed by atoms with Crippen LogP contribution in [0.1, 0.15) is 12.8 Å². The summed E-state index contributed by atoms with van der Waals surface area (Å²) in [6.07, 6.45) is -0.0436. The standard InChI is InChI=1S/C6H14N2O3.FH.H3O4P/c7-3-4(9)1-2-5(8)6(10)11;;1-5(2,3)4/h4-5,9H,1-3,7-8H2,(H,10,11);1H;(H3,1,2,3,4)/t4-,5+;;/m1../s1. The fourth-order valence-corrected chi connectivity index (χ4v) is 0.613. The number of rotatable bonds is 5. The molecular formula is C6H18FN2O7P. The molecule has 0 fully saturated rings. The summed E-state index contributed by atoms with van der Waals surface area (Å²) >= 11 is 0. The molecule has 0 heterocycles. The van der Waals surface area contributed by atoms with Gasteiger partial charge in [0.05, 0.1) is 6.10 Å². The van der Waals surface area contributed by atoms with Crippen LogP contribution in [0.4, 0.5) is 4.70 Å². The number of phosphoric acid groups is 1. The summed E-state index contributed by atoms with van der Waals surface area (Å²) in [6.45, 7) is 0.145. The monoisotopic (exact) mass is 280 g/mol. The van der Waals surface area contributed by atoms with E-state index in [4.69, 9.17) is 40.9 Å². The van der Waals surface area contributed by atoms with E-state index in [1.165, 1.54) is 0 Å². The van der Waals surface area contributed by atoms with Crippen LogP contribution >= 0.6 is 7.82 Å². The van der Waals surface area contributed by atoms with Gasteiger partial charge in [0.1, 0.15) is 6.04 Å². The number of hydrogen-bond donors (Lipinski definition) is 7. The van der Waals surface area contributed by atoms with E-state index < -0.39 is 25.9 Å². The third-order valence-corrected chi connectivity index (χ3v) is 1.40. The quantitative estimate of drug-likeness (QED) is 0.272. The van der Waals surface area contributed by atoms with E-state index in [9.17, 15) is 4.79 Å². The summed E-state index contributed by atoms with van der Waals surface area (Å²) in [7, 11) is -4.64. The Balaban J connectivity index is -0.000000280. The molecule has 0 bridgehead atoms. The first kappa shape index (κ1) is 21.7. The lowest BCUT2D eigenvalue weighted by Gasteiger charge is -2.09. The highest BCUT2D eigenvalue weighted by atomic mass is 31.2. The number of carboxylic acids is 1. The minimum atomic E-state index is -4.64. The third-order valence-electron chi connectivity index (χ3n) is 1.40. The van der Waals surface area contributed by atoms with Crippen LogP contribution in [0.3, 0.4) is 0 Å². The molecule has 0 radical (unpaired) electrons. The lowest BCUT2D eigenvalue weighted by molar-refractivity contribution is -0.138. The fraction of sp³-hybridized carbons (Fsp3) is 0.833. The molecule has 9 nitrogen and oxygen atoms in total. The highest BCUT2D eigenvalue weighted by Crippen LogP contribution is 2.25. The molecule has 11 heteroatoms. The zero-order valence-corrected chi connectivity index (χ0v) is 9.73. The summed E-state index contributed by atoms with van der Waals surface area (Å²) in [5.41, 5.74) is 10.3. The van der Waals surface area contributed by atoms with Crippen molar-refractivity contribution < 1.29 is 39.0 Å². The van der Waals surface area contributed by atoms with Crippen molar-refractivity contribution in [3.8, 4) is 0 Å². The molecule has 0 aromatic carbocycles. The second kappa shape index (κ2) is 10.5. The second-order valence-corrected chi connectivity index (χ2v) is 3.95. The second-order valence-electron chi connectivity index (χ2n) is 2.92. The van der Waals surface area contributed by atoms with Crippen molar-refractivity contribution in [2.75, 3.05) is 6.54 Å². The van der Waals surface area contributed by atoms with E-state index in [1.807, 2.05) is 0 Å². The van der Waals surface area contributed by atoms with Crippen LogP contribution in [-0.2, 0) is 9.36 Å². The Bertz CT molecular complexity index is 240. The molecule has 0 aliphatic carbocycles. The van der Waals surface area contributed by atoms with Crippen LogP contribution in [0.2, 0.25) is 0 Å². The number of carboxylic acid groups (broad SMARTS) is 1. The molecule has 0 saturated carbocycles. The summed E-state index contributed by atoms with van der Waals surface area (Å²) in [5, 5.41) is 17.2. The number of hydrogen-bond acceptors (Lipinski definition) is 5. The Morgan fingerprint density at radius 2 is 1.59 bits per heavy atom. The molecule has 0 rings (SSSR count). The van der Waals surface area contributed by atoms with Crippen LogP contribution < -0.4 is 11.5 Å². The van der Waals surface area contributed by atoms with Crippen LogP contribution in [0.15, 0.2) is 0 Å². The lowest BCUT2D eigenvalue weighted by Crippen LogP contribution is -2.32. The zero-order valence-electron chi connectivity index (χ0n) is 8.84. The van der Waals surface area contributed by atoms with Crippen LogP contribution in [-0.4, -0.2) is 49.6 Å².